The van der Waals surface area contributed by atoms with Gasteiger partial charge in [0, 0.05) is 19.0 Å². The molecule has 0 bridgehead atoms. The minimum atomic E-state index is 0.0407. The molecule has 0 atom stereocenters. The first kappa shape index (κ1) is 20.3. The molecule has 30 heavy (non-hydrogen) atoms. The molecule has 6 nitrogen and oxygen atoms in total. The van der Waals surface area contributed by atoms with Gasteiger partial charge in [0.1, 0.15) is 18.1 Å². The summed E-state index contributed by atoms with van der Waals surface area (Å²) in [4.78, 5) is 15.8. The Bertz CT molecular complexity index is 934. The van der Waals surface area contributed by atoms with Gasteiger partial charge in [-0.3, -0.25) is 4.79 Å². The maximum Gasteiger partial charge on any atom is 0.223 e. The van der Waals surface area contributed by atoms with Crippen molar-refractivity contribution in [3.05, 3.63) is 59.5 Å². The number of amides is 1. The second kappa shape index (κ2) is 9.71. The number of rotatable bonds is 7. The summed E-state index contributed by atoms with van der Waals surface area (Å²) >= 11 is 1.66. The molecular weight excluding hydrogens is 396 g/mol. The van der Waals surface area contributed by atoms with Gasteiger partial charge < -0.3 is 15.0 Å². The summed E-state index contributed by atoms with van der Waals surface area (Å²) in [5, 5.41) is 13.8. The number of carbonyl (C=O) groups excluding carboxylic acids is 1. The number of benzene rings is 1. The third-order valence-corrected chi connectivity index (χ3v) is 6.20. The second-order valence-corrected chi connectivity index (χ2v) is 8.42. The van der Waals surface area contributed by atoms with E-state index in [2.05, 4.69) is 20.4 Å². The summed E-state index contributed by atoms with van der Waals surface area (Å²) in [6.45, 7) is 4.65. The molecule has 0 aliphatic carbocycles. The van der Waals surface area contributed by atoms with E-state index in [0.29, 0.717) is 13.2 Å². The molecule has 3 heterocycles. The molecule has 2 aromatic heterocycles. The molecule has 4 rings (SSSR count). The molecule has 0 saturated carbocycles. The maximum absolute atomic E-state index is 12.5. The molecule has 0 spiro atoms. The van der Waals surface area contributed by atoms with Gasteiger partial charge in [0.05, 0.1) is 11.4 Å². The molecule has 7 heteroatoms. The van der Waals surface area contributed by atoms with Crippen LogP contribution in [0.15, 0.2) is 53.9 Å². The first-order chi connectivity index (χ1) is 14.7. The summed E-state index contributed by atoms with van der Waals surface area (Å²) in [6, 6.07) is 16.0. The smallest absolute Gasteiger partial charge is 0.223 e. The Kier molecular flexibility index (Phi) is 6.59. The number of carbonyl (C=O) groups is 1. The van der Waals surface area contributed by atoms with Crippen LogP contribution in [0.2, 0.25) is 0 Å². The summed E-state index contributed by atoms with van der Waals surface area (Å²) in [6.07, 6.45) is 1.64. The van der Waals surface area contributed by atoms with Gasteiger partial charge in [-0.15, -0.1) is 21.5 Å². The van der Waals surface area contributed by atoms with Crippen molar-refractivity contribution in [1.29, 1.82) is 0 Å². The number of anilines is 1. The van der Waals surface area contributed by atoms with Crippen molar-refractivity contribution in [2.75, 3.05) is 31.1 Å². The predicted octanol–water partition coefficient (Wildman–Crippen LogP) is 3.93. The zero-order valence-electron chi connectivity index (χ0n) is 17.1. The average molecular weight is 423 g/mol. The highest BCUT2D eigenvalue weighted by Crippen LogP contribution is 2.25. The fourth-order valence-electron chi connectivity index (χ4n) is 3.54. The number of hydrogen-bond acceptors (Lipinski definition) is 6. The highest BCUT2D eigenvalue weighted by atomic mass is 32.1. The molecule has 1 amide bonds. The van der Waals surface area contributed by atoms with Crippen molar-refractivity contribution in [1.82, 2.24) is 15.5 Å². The van der Waals surface area contributed by atoms with Gasteiger partial charge in [0.25, 0.3) is 0 Å². The van der Waals surface area contributed by atoms with Crippen LogP contribution in [0.5, 0.6) is 5.75 Å². The molecule has 1 N–H and O–H groups in total. The Balaban J connectivity index is 1.19. The minimum absolute atomic E-state index is 0.0407. The van der Waals surface area contributed by atoms with Crippen LogP contribution >= 0.6 is 11.3 Å². The summed E-state index contributed by atoms with van der Waals surface area (Å²) in [5.74, 6) is 1.86. The van der Waals surface area contributed by atoms with Gasteiger partial charge in [0.15, 0.2) is 5.82 Å². The van der Waals surface area contributed by atoms with E-state index in [1.165, 1.54) is 5.56 Å². The highest BCUT2D eigenvalue weighted by Gasteiger charge is 2.25. The van der Waals surface area contributed by atoms with Crippen LogP contribution < -0.4 is 15.0 Å². The molecule has 1 saturated heterocycles. The lowest BCUT2D eigenvalue weighted by Gasteiger charge is -2.31. The van der Waals surface area contributed by atoms with Crippen LogP contribution in [-0.4, -0.2) is 42.3 Å². The van der Waals surface area contributed by atoms with Gasteiger partial charge in [0.2, 0.25) is 5.91 Å². The number of nitrogens with one attached hydrogen (secondary N) is 1. The van der Waals surface area contributed by atoms with E-state index in [1.54, 1.807) is 11.3 Å². The molecule has 1 fully saturated rings. The molecule has 156 valence electrons. The Morgan fingerprint density at radius 2 is 1.93 bits per heavy atom. The van der Waals surface area contributed by atoms with Crippen molar-refractivity contribution in [2.45, 2.75) is 19.8 Å². The van der Waals surface area contributed by atoms with Gasteiger partial charge in [-0.2, -0.15) is 0 Å². The summed E-state index contributed by atoms with van der Waals surface area (Å²) < 4.78 is 5.67. The Labute approximate surface area is 180 Å². The van der Waals surface area contributed by atoms with Crippen molar-refractivity contribution in [3.8, 4) is 16.3 Å². The molecule has 0 radical (unpaired) electrons. The molecule has 1 aliphatic heterocycles. The number of hydrogen-bond donors (Lipinski definition) is 1. The molecule has 1 aromatic carbocycles. The van der Waals surface area contributed by atoms with Crippen LogP contribution in [0.25, 0.3) is 10.6 Å². The average Bonchev–Trinajstić information content (AvgIpc) is 3.33. The standard InChI is InChI=1S/C23H26N4O2S/c1-17-4-6-19(7-5-17)29-15-12-24-23(28)18-10-13-27(14-11-18)22-9-8-20(25-26-22)21-3-2-16-30-21/h2-9,16,18H,10-15H2,1H3,(H,24,28). The lowest BCUT2D eigenvalue weighted by molar-refractivity contribution is -0.125. The second-order valence-electron chi connectivity index (χ2n) is 7.47. The highest BCUT2D eigenvalue weighted by molar-refractivity contribution is 7.13. The Hall–Kier alpha value is -2.93. The summed E-state index contributed by atoms with van der Waals surface area (Å²) in [5.41, 5.74) is 2.10. The number of nitrogens with zero attached hydrogens (tertiary/aromatic N) is 3. The van der Waals surface area contributed by atoms with Crippen molar-refractivity contribution in [2.24, 2.45) is 5.92 Å². The SMILES string of the molecule is Cc1ccc(OCCNC(=O)C2CCN(c3ccc(-c4cccs4)nn3)CC2)cc1. The quantitative estimate of drug-likeness (QED) is 0.585. The number of piperidine rings is 1. The van der Waals surface area contributed by atoms with Gasteiger partial charge in [-0.1, -0.05) is 23.8 Å². The van der Waals surface area contributed by atoms with Gasteiger partial charge in [-0.05, 0) is 55.5 Å². The maximum atomic E-state index is 12.5. The third kappa shape index (κ3) is 5.16. The first-order valence-corrected chi connectivity index (χ1v) is 11.2. The van der Waals surface area contributed by atoms with Crippen LogP contribution in [-0.2, 0) is 4.79 Å². The lowest BCUT2D eigenvalue weighted by Crippen LogP contribution is -2.41. The third-order valence-electron chi connectivity index (χ3n) is 5.30. The summed E-state index contributed by atoms with van der Waals surface area (Å²) in [7, 11) is 0. The largest absolute Gasteiger partial charge is 0.492 e. The number of aryl methyl sites for hydroxylation is 1. The van der Waals surface area contributed by atoms with E-state index in [1.807, 2.05) is 60.8 Å². The fraction of sp³-hybridized carbons (Fsp3) is 0.348. The van der Waals surface area contributed by atoms with Crippen LogP contribution in [0.3, 0.4) is 0 Å². The minimum Gasteiger partial charge on any atom is -0.492 e. The molecule has 0 unspecified atom stereocenters. The number of ether oxygens (including phenoxy) is 1. The number of aromatic nitrogens is 2. The van der Waals surface area contributed by atoms with Crippen LogP contribution in [0, 0.1) is 12.8 Å². The fourth-order valence-corrected chi connectivity index (χ4v) is 4.23. The van der Waals surface area contributed by atoms with E-state index in [-0.39, 0.29) is 11.8 Å². The molecule has 3 aromatic rings. The first-order valence-electron chi connectivity index (χ1n) is 10.3. The Morgan fingerprint density at radius 1 is 1.13 bits per heavy atom. The predicted molar refractivity (Wildman–Crippen MR) is 120 cm³/mol. The van der Waals surface area contributed by atoms with E-state index >= 15 is 0 Å². The van der Waals surface area contributed by atoms with Crippen LogP contribution in [0.1, 0.15) is 18.4 Å². The van der Waals surface area contributed by atoms with Crippen molar-refractivity contribution in [3.63, 3.8) is 0 Å². The van der Waals surface area contributed by atoms with E-state index < -0.39 is 0 Å². The zero-order valence-corrected chi connectivity index (χ0v) is 17.9. The van der Waals surface area contributed by atoms with Gasteiger partial charge >= 0.3 is 0 Å². The molecule has 1 aliphatic rings. The monoisotopic (exact) mass is 422 g/mol. The number of thiophene rings is 1. The normalized spacial score (nSPS) is 14.5. The Morgan fingerprint density at radius 3 is 2.60 bits per heavy atom. The zero-order chi connectivity index (χ0) is 20.8. The van der Waals surface area contributed by atoms with Crippen molar-refractivity contribution < 1.29 is 9.53 Å². The van der Waals surface area contributed by atoms with Crippen molar-refractivity contribution >= 4 is 23.1 Å². The topological polar surface area (TPSA) is 67.3 Å². The van der Waals surface area contributed by atoms with E-state index in [0.717, 1.165) is 48.1 Å². The van der Waals surface area contributed by atoms with Crippen LogP contribution in [0.4, 0.5) is 5.82 Å². The van der Waals surface area contributed by atoms with E-state index in [4.69, 9.17) is 4.74 Å². The van der Waals surface area contributed by atoms with E-state index in [9.17, 15) is 4.79 Å². The molecular formula is C23H26N4O2S. The lowest BCUT2D eigenvalue weighted by atomic mass is 9.96. The van der Waals surface area contributed by atoms with Gasteiger partial charge in [-0.25, -0.2) is 0 Å².